The van der Waals surface area contributed by atoms with Crippen molar-refractivity contribution in [3.8, 4) is 11.5 Å². The number of hydrogen-bond acceptors (Lipinski definition) is 3. The van der Waals surface area contributed by atoms with Crippen LogP contribution in [0.1, 0.15) is 24.1 Å². The van der Waals surface area contributed by atoms with E-state index in [1.807, 2.05) is 31.2 Å². The molecule has 0 aliphatic carbocycles. The van der Waals surface area contributed by atoms with Gasteiger partial charge in [-0.3, -0.25) is 0 Å². The number of urea groups is 1. The van der Waals surface area contributed by atoms with Gasteiger partial charge in [0.05, 0.1) is 6.04 Å². The standard InChI is InChI=1S/C18H19FN2O3/c1-12(14-5-6-16-17(10-14)24-11-23-16)21-18(22)20-8-7-13-3-2-4-15(19)9-13/h2-6,9-10,12H,7-8,11H2,1H3,(H2,20,21,22). The summed E-state index contributed by atoms with van der Waals surface area (Å²) in [5.41, 5.74) is 1.78. The zero-order valence-corrected chi connectivity index (χ0v) is 13.3. The summed E-state index contributed by atoms with van der Waals surface area (Å²) in [7, 11) is 0. The fourth-order valence-corrected chi connectivity index (χ4v) is 2.53. The van der Waals surface area contributed by atoms with Crippen LogP contribution >= 0.6 is 0 Å². The van der Waals surface area contributed by atoms with Crippen molar-refractivity contribution in [3.05, 3.63) is 59.4 Å². The summed E-state index contributed by atoms with van der Waals surface area (Å²) in [5, 5.41) is 5.64. The number of halogens is 1. The molecule has 0 bridgehead atoms. The van der Waals surface area contributed by atoms with Crippen LogP contribution in [-0.4, -0.2) is 19.4 Å². The Kier molecular flexibility index (Phi) is 4.84. The van der Waals surface area contributed by atoms with Gasteiger partial charge in [0, 0.05) is 6.54 Å². The van der Waals surface area contributed by atoms with E-state index in [0.29, 0.717) is 24.5 Å². The van der Waals surface area contributed by atoms with E-state index >= 15 is 0 Å². The lowest BCUT2D eigenvalue weighted by molar-refractivity contribution is 0.174. The molecule has 0 spiro atoms. The molecule has 2 aromatic rings. The van der Waals surface area contributed by atoms with Gasteiger partial charge in [0.1, 0.15) is 5.82 Å². The zero-order valence-electron chi connectivity index (χ0n) is 13.3. The molecule has 6 heteroatoms. The summed E-state index contributed by atoms with van der Waals surface area (Å²) in [6, 6.07) is 11.5. The molecule has 2 amide bonds. The number of nitrogens with one attached hydrogen (secondary N) is 2. The fourth-order valence-electron chi connectivity index (χ4n) is 2.53. The molecule has 2 N–H and O–H groups in total. The Labute approximate surface area is 139 Å². The van der Waals surface area contributed by atoms with Crippen molar-refractivity contribution >= 4 is 6.03 Å². The van der Waals surface area contributed by atoms with Crippen molar-refractivity contribution < 1.29 is 18.7 Å². The highest BCUT2D eigenvalue weighted by atomic mass is 19.1. The third kappa shape index (κ3) is 3.95. The van der Waals surface area contributed by atoms with Crippen LogP contribution in [0.5, 0.6) is 11.5 Å². The van der Waals surface area contributed by atoms with Crippen molar-refractivity contribution in [2.75, 3.05) is 13.3 Å². The molecule has 1 atom stereocenters. The van der Waals surface area contributed by atoms with Crippen LogP contribution in [0, 0.1) is 5.82 Å². The van der Waals surface area contributed by atoms with Crippen molar-refractivity contribution in [3.63, 3.8) is 0 Å². The van der Waals surface area contributed by atoms with Crippen LogP contribution in [0.4, 0.5) is 9.18 Å². The van der Waals surface area contributed by atoms with Crippen molar-refractivity contribution in [1.29, 1.82) is 0 Å². The average Bonchev–Trinajstić information content (AvgIpc) is 3.02. The smallest absolute Gasteiger partial charge is 0.315 e. The quantitative estimate of drug-likeness (QED) is 0.885. The molecule has 0 fully saturated rings. The minimum absolute atomic E-state index is 0.173. The molecule has 0 saturated heterocycles. The average molecular weight is 330 g/mol. The molecule has 126 valence electrons. The molecule has 0 saturated carbocycles. The third-order valence-corrected chi connectivity index (χ3v) is 3.83. The van der Waals surface area contributed by atoms with Gasteiger partial charge >= 0.3 is 6.03 Å². The first-order valence-electron chi connectivity index (χ1n) is 7.80. The van der Waals surface area contributed by atoms with E-state index in [1.54, 1.807) is 6.07 Å². The molecular weight excluding hydrogens is 311 g/mol. The first kappa shape index (κ1) is 16.1. The van der Waals surface area contributed by atoms with Gasteiger partial charge in [0.2, 0.25) is 6.79 Å². The second-order valence-electron chi connectivity index (χ2n) is 5.61. The van der Waals surface area contributed by atoms with E-state index in [9.17, 15) is 9.18 Å². The largest absolute Gasteiger partial charge is 0.454 e. The number of hydrogen-bond donors (Lipinski definition) is 2. The Morgan fingerprint density at radius 3 is 2.88 bits per heavy atom. The van der Waals surface area contributed by atoms with Gasteiger partial charge in [-0.15, -0.1) is 0 Å². The van der Waals surface area contributed by atoms with Gasteiger partial charge in [-0.05, 0) is 48.7 Å². The van der Waals surface area contributed by atoms with Crippen molar-refractivity contribution in [2.24, 2.45) is 0 Å². The second-order valence-corrected chi connectivity index (χ2v) is 5.61. The number of ether oxygens (including phenoxy) is 2. The van der Waals surface area contributed by atoms with Crippen LogP contribution in [0.2, 0.25) is 0 Å². The molecule has 2 aromatic carbocycles. The Morgan fingerprint density at radius 1 is 1.21 bits per heavy atom. The molecule has 5 nitrogen and oxygen atoms in total. The number of amides is 2. The summed E-state index contributed by atoms with van der Waals surface area (Å²) in [5.74, 6) is 1.13. The van der Waals surface area contributed by atoms with E-state index in [2.05, 4.69) is 10.6 Å². The molecule has 1 heterocycles. The topological polar surface area (TPSA) is 59.6 Å². The number of rotatable bonds is 5. The van der Waals surface area contributed by atoms with Crippen LogP contribution in [0.25, 0.3) is 0 Å². The fraction of sp³-hybridized carbons (Fsp3) is 0.278. The number of benzene rings is 2. The summed E-state index contributed by atoms with van der Waals surface area (Å²) in [6.07, 6.45) is 0.573. The van der Waals surface area contributed by atoms with Crippen LogP contribution in [0.15, 0.2) is 42.5 Å². The van der Waals surface area contributed by atoms with Gasteiger partial charge in [-0.1, -0.05) is 18.2 Å². The third-order valence-electron chi connectivity index (χ3n) is 3.83. The molecule has 24 heavy (non-hydrogen) atoms. The van der Waals surface area contributed by atoms with Crippen LogP contribution < -0.4 is 20.1 Å². The molecule has 1 aliphatic heterocycles. The Bertz CT molecular complexity index is 736. The maximum atomic E-state index is 13.1. The van der Waals surface area contributed by atoms with Crippen LogP contribution in [-0.2, 0) is 6.42 Å². The Morgan fingerprint density at radius 2 is 2.04 bits per heavy atom. The van der Waals surface area contributed by atoms with E-state index in [1.165, 1.54) is 12.1 Å². The molecule has 0 radical (unpaired) electrons. The molecular formula is C18H19FN2O3. The van der Waals surface area contributed by atoms with E-state index in [0.717, 1.165) is 11.1 Å². The minimum Gasteiger partial charge on any atom is -0.454 e. The lowest BCUT2D eigenvalue weighted by atomic mass is 10.1. The summed E-state index contributed by atoms with van der Waals surface area (Å²) < 4.78 is 23.7. The molecule has 1 aliphatic rings. The molecule has 3 rings (SSSR count). The SMILES string of the molecule is CC(NC(=O)NCCc1cccc(F)c1)c1ccc2c(c1)OCO2. The highest BCUT2D eigenvalue weighted by Crippen LogP contribution is 2.34. The maximum Gasteiger partial charge on any atom is 0.315 e. The first-order chi connectivity index (χ1) is 11.6. The second kappa shape index (κ2) is 7.21. The maximum absolute atomic E-state index is 13.1. The summed E-state index contributed by atoms with van der Waals surface area (Å²) in [4.78, 5) is 12.0. The Hall–Kier alpha value is -2.76. The van der Waals surface area contributed by atoms with Gasteiger partial charge in [-0.2, -0.15) is 0 Å². The van der Waals surface area contributed by atoms with E-state index in [4.69, 9.17) is 9.47 Å². The van der Waals surface area contributed by atoms with Gasteiger partial charge in [-0.25, -0.2) is 9.18 Å². The van der Waals surface area contributed by atoms with Crippen molar-refractivity contribution in [1.82, 2.24) is 10.6 Å². The number of carbonyl (C=O) groups excluding carboxylic acids is 1. The summed E-state index contributed by atoms with van der Waals surface area (Å²) >= 11 is 0. The van der Waals surface area contributed by atoms with E-state index in [-0.39, 0.29) is 24.7 Å². The zero-order chi connectivity index (χ0) is 16.9. The normalized spacial score (nSPS) is 13.4. The van der Waals surface area contributed by atoms with Crippen LogP contribution in [0.3, 0.4) is 0 Å². The lowest BCUT2D eigenvalue weighted by Gasteiger charge is -2.15. The van der Waals surface area contributed by atoms with Gasteiger partial charge < -0.3 is 20.1 Å². The van der Waals surface area contributed by atoms with Crippen molar-refractivity contribution in [2.45, 2.75) is 19.4 Å². The minimum atomic E-state index is -0.270. The monoisotopic (exact) mass is 330 g/mol. The Balaban J connectivity index is 1.47. The predicted octanol–water partition coefficient (Wildman–Crippen LogP) is 3.16. The number of carbonyl (C=O) groups is 1. The van der Waals surface area contributed by atoms with Gasteiger partial charge in [0.15, 0.2) is 11.5 Å². The van der Waals surface area contributed by atoms with Gasteiger partial charge in [0.25, 0.3) is 0 Å². The number of fused-ring (bicyclic) bond motifs is 1. The summed E-state index contributed by atoms with van der Waals surface area (Å²) in [6.45, 7) is 2.55. The highest BCUT2D eigenvalue weighted by molar-refractivity contribution is 5.74. The predicted molar refractivity (Wildman–Crippen MR) is 87.6 cm³/mol. The van der Waals surface area contributed by atoms with E-state index < -0.39 is 0 Å². The molecule has 0 aromatic heterocycles. The first-order valence-corrected chi connectivity index (χ1v) is 7.80. The molecule has 1 unspecified atom stereocenters. The lowest BCUT2D eigenvalue weighted by Crippen LogP contribution is -2.38. The highest BCUT2D eigenvalue weighted by Gasteiger charge is 2.16.